The summed E-state index contributed by atoms with van der Waals surface area (Å²) in [6, 6.07) is 28.2. The van der Waals surface area contributed by atoms with E-state index in [-0.39, 0.29) is 0 Å². The van der Waals surface area contributed by atoms with Crippen molar-refractivity contribution in [2.45, 2.75) is 0 Å². The fourth-order valence-corrected chi connectivity index (χ4v) is 3.16. The highest BCUT2D eigenvalue weighted by atomic mass is 35.5. The Labute approximate surface area is 157 Å². The van der Waals surface area contributed by atoms with Crippen molar-refractivity contribution in [1.29, 1.82) is 5.26 Å². The molecule has 0 aliphatic rings. The largest absolute Gasteiger partial charge is 0.317 e. The van der Waals surface area contributed by atoms with Gasteiger partial charge in [0.15, 0.2) is 0 Å². The number of fused-ring (bicyclic) bond motifs is 1. The second-order valence-corrected chi connectivity index (χ2v) is 6.45. The van der Waals surface area contributed by atoms with Crippen LogP contribution in [0.25, 0.3) is 28.1 Å². The number of rotatable bonds is 3. The smallest absolute Gasteiger partial charge is 0.0998 e. The third-order valence-electron chi connectivity index (χ3n) is 4.36. The minimum Gasteiger partial charge on any atom is -0.317 e. The van der Waals surface area contributed by atoms with Gasteiger partial charge in [0.05, 0.1) is 11.6 Å². The van der Waals surface area contributed by atoms with Gasteiger partial charge in [-0.1, -0.05) is 48.0 Å². The van der Waals surface area contributed by atoms with Crippen molar-refractivity contribution in [2.24, 2.45) is 0 Å². The van der Waals surface area contributed by atoms with Gasteiger partial charge in [0.1, 0.15) is 0 Å². The van der Waals surface area contributed by atoms with Gasteiger partial charge in [-0.05, 0) is 64.9 Å². The first-order valence-electron chi connectivity index (χ1n) is 8.29. The molecule has 0 radical (unpaired) electrons. The summed E-state index contributed by atoms with van der Waals surface area (Å²) in [5, 5.41) is 12.7. The van der Waals surface area contributed by atoms with E-state index in [1.807, 2.05) is 77.5 Å². The Bertz CT molecular complexity index is 1140. The van der Waals surface area contributed by atoms with Gasteiger partial charge in [-0.2, -0.15) is 5.26 Å². The molecule has 0 aliphatic heterocycles. The summed E-state index contributed by atoms with van der Waals surface area (Å²) in [6.07, 6.45) is 3.89. The zero-order chi connectivity index (χ0) is 17.9. The lowest BCUT2D eigenvalue weighted by molar-refractivity contribution is 1.06. The third kappa shape index (κ3) is 3.13. The summed E-state index contributed by atoms with van der Waals surface area (Å²) in [5.74, 6) is 0. The van der Waals surface area contributed by atoms with E-state index < -0.39 is 0 Å². The lowest BCUT2D eigenvalue weighted by atomic mass is 10.0. The molecule has 1 aromatic heterocycles. The average Bonchev–Trinajstić information content (AvgIpc) is 3.14. The molecule has 2 nitrogen and oxygen atoms in total. The van der Waals surface area contributed by atoms with Crippen molar-refractivity contribution < 1.29 is 0 Å². The first kappa shape index (κ1) is 16.2. The van der Waals surface area contributed by atoms with Crippen LogP contribution in [0.15, 0.2) is 85.1 Å². The van der Waals surface area contributed by atoms with Crippen molar-refractivity contribution in [2.75, 3.05) is 0 Å². The maximum atomic E-state index is 9.70. The Hall–Kier alpha value is -3.28. The van der Waals surface area contributed by atoms with Crippen LogP contribution in [-0.4, -0.2) is 4.57 Å². The molecule has 0 amide bonds. The van der Waals surface area contributed by atoms with Gasteiger partial charge < -0.3 is 4.57 Å². The molecule has 0 fully saturated rings. The number of hydrogen-bond acceptors (Lipinski definition) is 1. The SMILES string of the molecule is N#CC(=Cc1cccn1-c1ccc(Cl)cc1)c1ccc2ccccc2c1. The average molecular weight is 355 g/mol. The molecule has 0 unspecified atom stereocenters. The molecule has 0 atom stereocenters. The summed E-state index contributed by atoms with van der Waals surface area (Å²) < 4.78 is 2.04. The number of aromatic nitrogens is 1. The fourth-order valence-electron chi connectivity index (χ4n) is 3.03. The molecule has 0 spiro atoms. The molecule has 4 aromatic rings. The van der Waals surface area contributed by atoms with E-state index in [4.69, 9.17) is 11.6 Å². The van der Waals surface area contributed by atoms with Crippen LogP contribution in [0.1, 0.15) is 11.3 Å². The Morgan fingerprint density at radius 1 is 0.885 bits per heavy atom. The fraction of sp³-hybridized carbons (Fsp3) is 0. The molecule has 0 aliphatic carbocycles. The second kappa shape index (κ2) is 6.92. The van der Waals surface area contributed by atoms with Gasteiger partial charge >= 0.3 is 0 Å². The van der Waals surface area contributed by atoms with E-state index in [2.05, 4.69) is 24.3 Å². The molecule has 26 heavy (non-hydrogen) atoms. The monoisotopic (exact) mass is 354 g/mol. The first-order valence-corrected chi connectivity index (χ1v) is 8.67. The lowest BCUT2D eigenvalue weighted by Gasteiger charge is -2.08. The van der Waals surface area contributed by atoms with Crippen LogP contribution >= 0.6 is 11.6 Å². The van der Waals surface area contributed by atoms with E-state index >= 15 is 0 Å². The minimum atomic E-state index is 0.629. The van der Waals surface area contributed by atoms with Gasteiger partial charge in [-0.25, -0.2) is 0 Å². The number of benzene rings is 3. The van der Waals surface area contributed by atoms with Gasteiger partial charge in [0.25, 0.3) is 0 Å². The maximum Gasteiger partial charge on any atom is 0.0998 e. The van der Waals surface area contributed by atoms with E-state index in [1.165, 1.54) is 0 Å². The summed E-state index contributed by atoms with van der Waals surface area (Å²) in [6.45, 7) is 0. The molecule has 0 saturated carbocycles. The van der Waals surface area contributed by atoms with Crippen molar-refractivity contribution >= 4 is 34.0 Å². The van der Waals surface area contributed by atoms with Crippen LogP contribution in [0, 0.1) is 11.3 Å². The summed E-state index contributed by atoms with van der Waals surface area (Å²) in [4.78, 5) is 0. The zero-order valence-electron chi connectivity index (χ0n) is 13.9. The Morgan fingerprint density at radius 2 is 1.65 bits per heavy atom. The topological polar surface area (TPSA) is 28.7 Å². The van der Waals surface area contributed by atoms with Crippen molar-refractivity contribution in [1.82, 2.24) is 4.57 Å². The molecule has 124 valence electrons. The predicted octanol–water partition coefficient (Wildman–Crippen LogP) is 6.35. The zero-order valence-corrected chi connectivity index (χ0v) is 14.7. The molecule has 0 bridgehead atoms. The van der Waals surface area contributed by atoms with Crippen molar-refractivity contribution in [3.05, 3.63) is 101 Å². The molecule has 0 N–H and O–H groups in total. The number of halogens is 1. The summed E-state index contributed by atoms with van der Waals surface area (Å²) in [5.41, 5.74) is 3.48. The highest BCUT2D eigenvalue weighted by molar-refractivity contribution is 6.30. The standard InChI is InChI=1S/C23H15ClN2/c24-21-9-11-22(12-10-21)26-13-3-6-23(26)15-20(16-25)19-8-7-17-4-1-2-5-18(17)14-19/h1-15H. The summed E-state index contributed by atoms with van der Waals surface area (Å²) in [7, 11) is 0. The molecule has 4 rings (SSSR count). The Morgan fingerprint density at radius 3 is 2.42 bits per heavy atom. The van der Waals surface area contributed by atoms with E-state index in [0.717, 1.165) is 27.7 Å². The number of allylic oxidation sites excluding steroid dienone is 1. The quantitative estimate of drug-likeness (QED) is 0.394. The lowest BCUT2D eigenvalue weighted by Crippen LogP contribution is -1.95. The van der Waals surface area contributed by atoms with Crippen molar-refractivity contribution in [3.63, 3.8) is 0 Å². The summed E-state index contributed by atoms with van der Waals surface area (Å²) >= 11 is 5.98. The number of nitrogens with zero attached hydrogens (tertiary/aromatic N) is 2. The maximum absolute atomic E-state index is 9.70. The number of hydrogen-bond donors (Lipinski definition) is 0. The predicted molar refractivity (Wildman–Crippen MR) is 108 cm³/mol. The third-order valence-corrected chi connectivity index (χ3v) is 4.61. The van der Waals surface area contributed by atoms with E-state index in [9.17, 15) is 5.26 Å². The van der Waals surface area contributed by atoms with Crippen molar-refractivity contribution in [3.8, 4) is 11.8 Å². The molecule has 3 heteroatoms. The number of nitriles is 1. The molecule has 1 heterocycles. The molecular formula is C23H15ClN2. The van der Waals surface area contributed by atoms with Gasteiger partial charge in [-0.3, -0.25) is 0 Å². The van der Waals surface area contributed by atoms with Crippen LogP contribution in [0.4, 0.5) is 0 Å². The van der Waals surface area contributed by atoms with Crippen LogP contribution in [-0.2, 0) is 0 Å². The molecule has 3 aromatic carbocycles. The Balaban J connectivity index is 1.77. The van der Waals surface area contributed by atoms with Crippen LogP contribution in [0.2, 0.25) is 5.02 Å². The normalized spacial score (nSPS) is 11.5. The van der Waals surface area contributed by atoms with Gasteiger partial charge in [-0.15, -0.1) is 0 Å². The van der Waals surface area contributed by atoms with Gasteiger partial charge in [0, 0.05) is 22.6 Å². The molecular weight excluding hydrogens is 340 g/mol. The van der Waals surface area contributed by atoms with E-state index in [0.29, 0.717) is 10.6 Å². The Kier molecular flexibility index (Phi) is 4.31. The second-order valence-electron chi connectivity index (χ2n) is 6.01. The van der Waals surface area contributed by atoms with Gasteiger partial charge in [0.2, 0.25) is 0 Å². The van der Waals surface area contributed by atoms with Crippen LogP contribution in [0.5, 0.6) is 0 Å². The van der Waals surface area contributed by atoms with Crippen LogP contribution < -0.4 is 0 Å². The minimum absolute atomic E-state index is 0.629. The molecule has 0 saturated heterocycles. The van der Waals surface area contributed by atoms with Crippen LogP contribution in [0.3, 0.4) is 0 Å². The van der Waals surface area contributed by atoms with E-state index in [1.54, 1.807) is 0 Å². The first-order chi connectivity index (χ1) is 12.7. The highest BCUT2D eigenvalue weighted by Crippen LogP contribution is 2.24. The highest BCUT2D eigenvalue weighted by Gasteiger charge is 2.06.